The summed E-state index contributed by atoms with van der Waals surface area (Å²) in [6.07, 6.45) is 1.93. The van der Waals surface area contributed by atoms with E-state index in [-0.39, 0.29) is 5.54 Å². The molecule has 0 saturated heterocycles. The quantitative estimate of drug-likeness (QED) is 0.862. The molecular weight excluding hydrogens is 242 g/mol. The Hall–Kier alpha value is -1.55. The van der Waals surface area contributed by atoms with Gasteiger partial charge in [0.25, 0.3) is 0 Å². The van der Waals surface area contributed by atoms with Crippen LogP contribution in [0.15, 0.2) is 24.3 Å². The number of benzene rings is 1. The lowest BCUT2D eigenvalue weighted by molar-refractivity contribution is -0.0401. The Kier molecular flexibility index (Phi) is 3.54. The molecule has 1 aliphatic carbocycles. The van der Waals surface area contributed by atoms with E-state index >= 15 is 0 Å². The molecule has 1 aromatic rings. The lowest BCUT2D eigenvalue weighted by Gasteiger charge is -2.37. The van der Waals surface area contributed by atoms with Crippen molar-refractivity contribution in [2.24, 2.45) is 0 Å². The standard InChI is InChI=1S/C15H21NO3/c1-14(2,3)16-13(17)19-12-8-5-4-7-11(12)15(18)9-6-10-15/h4-5,7-8,18H,6,9-10H2,1-3H3,(H,16,17). The molecule has 0 aromatic heterocycles. The van der Waals surface area contributed by atoms with Crippen LogP contribution in [0, 0.1) is 0 Å². The van der Waals surface area contributed by atoms with Gasteiger partial charge in [-0.3, -0.25) is 0 Å². The molecule has 19 heavy (non-hydrogen) atoms. The van der Waals surface area contributed by atoms with Gasteiger partial charge in [0.2, 0.25) is 0 Å². The smallest absolute Gasteiger partial charge is 0.410 e. The molecule has 1 aromatic carbocycles. The van der Waals surface area contributed by atoms with E-state index in [1.165, 1.54) is 0 Å². The maximum absolute atomic E-state index is 11.8. The lowest BCUT2D eigenvalue weighted by atomic mass is 9.75. The number of nitrogens with one attached hydrogen (secondary N) is 1. The molecule has 0 unspecified atom stereocenters. The van der Waals surface area contributed by atoms with Crippen LogP contribution in [0.3, 0.4) is 0 Å². The molecule has 1 amide bonds. The Morgan fingerprint density at radius 3 is 2.47 bits per heavy atom. The van der Waals surface area contributed by atoms with Gasteiger partial charge in [0.15, 0.2) is 0 Å². The van der Waals surface area contributed by atoms with Crippen LogP contribution in [0.25, 0.3) is 0 Å². The Bertz CT molecular complexity index is 473. The minimum absolute atomic E-state index is 0.348. The molecule has 2 N–H and O–H groups in total. The Morgan fingerprint density at radius 1 is 1.32 bits per heavy atom. The van der Waals surface area contributed by atoms with Gasteiger partial charge in [0.1, 0.15) is 5.75 Å². The van der Waals surface area contributed by atoms with Gasteiger partial charge in [-0.05, 0) is 46.1 Å². The first-order valence-corrected chi connectivity index (χ1v) is 6.62. The van der Waals surface area contributed by atoms with E-state index < -0.39 is 11.7 Å². The maximum atomic E-state index is 11.8. The molecule has 0 aliphatic heterocycles. The monoisotopic (exact) mass is 263 g/mol. The SMILES string of the molecule is CC(C)(C)NC(=O)Oc1ccccc1C1(O)CCC1. The van der Waals surface area contributed by atoms with E-state index in [9.17, 15) is 9.90 Å². The number of carbonyl (C=O) groups is 1. The number of hydrogen-bond donors (Lipinski definition) is 2. The van der Waals surface area contributed by atoms with Gasteiger partial charge in [-0.2, -0.15) is 0 Å². The van der Waals surface area contributed by atoms with Gasteiger partial charge in [-0.15, -0.1) is 0 Å². The zero-order chi connectivity index (χ0) is 14.1. The fourth-order valence-corrected chi connectivity index (χ4v) is 2.15. The summed E-state index contributed by atoms with van der Waals surface area (Å²) in [6, 6.07) is 7.18. The topological polar surface area (TPSA) is 58.6 Å². The van der Waals surface area contributed by atoms with Crippen molar-refractivity contribution in [2.75, 3.05) is 0 Å². The van der Waals surface area contributed by atoms with Crippen molar-refractivity contribution in [1.82, 2.24) is 5.32 Å². The van der Waals surface area contributed by atoms with Crippen molar-refractivity contribution in [2.45, 2.75) is 51.2 Å². The molecule has 0 atom stereocenters. The molecule has 1 fully saturated rings. The molecule has 4 nitrogen and oxygen atoms in total. The van der Waals surface area contributed by atoms with Gasteiger partial charge >= 0.3 is 6.09 Å². The highest BCUT2D eigenvalue weighted by Gasteiger charge is 2.38. The van der Waals surface area contributed by atoms with Crippen molar-refractivity contribution < 1.29 is 14.6 Å². The summed E-state index contributed by atoms with van der Waals surface area (Å²) in [5, 5.41) is 13.1. The van der Waals surface area contributed by atoms with Crippen LogP contribution in [-0.4, -0.2) is 16.7 Å². The second-order valence-corrected chi connectivity index (χ2v) is 6.15. The van der Waals surface area contributed by atoms with Crippen molar-refractivity contribution in [3.8, 4) is 5.75 Å². The second kappa shape index (κ2) is 4.85. The zero-order valence-electron chi connectivity index (χ0n) is 11.7. The highest BCUT2D eigenvalue weighted by atomic mass is 16.6. The van der Waals surface area contributed by atoms with Gasteiger partial charge in [0, 0.05) is 11.1 Å². The fraction of sp³-hybridized carbons (Fsp3) is 0.533. The number of aliphatic hydroxyl groups is 1. The Labute approximate surface area is 113 Å². The summed E-state index contributed by atoms with van der Waals surface area (Å²) < 4.78 is 5.33. The van der Waals surface area contributed by atoms with Crippen LogP contribution < -0.4 is 10.1 Å². The number of ether oxygens (including phenoxy) is 1. The lowest BCUT2D eigenvalue weighted by Crippen LogP contribution is -2.42. The van der Waals surface area contributed by atoms with E-state index in [1.54, 1.807) is 12.1 Å². The van der Waals surface area contributed by atoms with Crippen LogP contribution in [0.1, 0.15) is 45.6 Å². The molecule has 0 spiro atoms. The number of rotatable bonds is 2. The largest absolute Gasteiger partial charge is 0.413 e. The molecule has 1 aliphatic rings. The van der Waals surface area contributed by atoms with Crippen LogP contribution >= 0.6 is 0 Å². The molecule has 0 heterocycles. The third-order valence-corrected chi connectivity index (χ3v) is 3.25. The molecule has 0 bridgehead atoms. The number of hydrogen-bond acceptors (Lipinski definition) is 3. The van der Waals surface area contributed by atoms with Crippen molar-refractivity contribution in [3.63, 3.8) is 0 Å². The second-order valence-electron chi connectivity index (χ2n) is 6.15. The normalized spacial score (nSPS) is 17.5. The first-order valence-electron chi connectivity index (χ1n) is 6.62. The predicted molar refractivity (Wildman–Crippen MR) is 73.1 cm³/mol. The maximum Gasteiger partial charge on any atom is 0.413 e. The minimum Gasteiger partial charge on any atom is -0.410 e. The van der Waals surface area contributed by atoms with E-state index in [4.69, 9.17) is 4.74 Å². The molecule has 1 saturated carbocycles. The van der Waals surface area contributed by atoms with Gasteiger partial charge < -0.3 is 15.2 Å². The summed E-state index contributed by atoms with van der Waals surface area (Å²) in [5.74, 6) is 0.437. The summed E-state index contributed by atoms with van der Waals surface area (Å²) >= 11 is 0. The third-order valence-electron chi connectivity index (χ3n) is 3.25. The van der Waals surface area contributed by atoms with E-state index in [1.807, 2.05) is 32.9 Å². The average Bonchev–Trinajstić information content (AvgIpc) is 2.24. The molecular formula is C15H21NO3. The van der Waals surface area contributed by atoms with Crippen LogP contribution in [0.2, 0.25) is 0 Å². The van der Waals surface area contributed by atoms with Gasteiger partial charge in [0.05, 0.1) is 5.60 Å². The molecule has 2 rings (SSSR count). The number of amides is 1. The van der Waals surface area contributed by atoms with E-state index in [2.05, 4.69) is 5.32 Å². The fourth-order valence-electron chi connectivity index (χ4n) is 2.15. The highest BCUT2D eigenvalue weighted by molar-refractivity contribution is 5.71. The summed E-state index contributed by atoms with van der Waals surface area (Å²) in [7, 11) is 0. The van der Waals surface area contributed by atoms with E-state index in [0.29, 0.717) is 24.2 Å². The Balaban J connectivity index is 2.15. The van der Waals surface area contributed by atoms with Crippen molar-refractivity contribution in [1.29, 1.82) is 0 Å². The average molecular weight is 263 g/mol. The molecule has 4 heteroatoms. The number of para-hydroxylation sites is 1. The minimum atomic E-state index is -0.835. The summed E-state index contributed by atoms with van der Waals surface area (Å²) in [5.41, 5.74) is -0.483. The van der Waals surface area contributed by atoms with Crippen molar-refractivity contribution >= 4 is 6.09 Å². The molecule has 104 valence electrons. The van der Waals surface area contributed by atoms with Crippen LogP contribution in [-0.2, 0) is 5.60 Å². The third kappa shape index (κ3) is 3.26. The van der Waals surface area contributed by atoms with Crippen molar-refractivity contribution in [3.05, 3.63) is 29.8 Å². The zero-order valence-corrected chi connectivity index (χ0v) is 11.7. The van der Waals surface area contributed by atoms with Gasteiger partial charge in [-0.1, -0.05) is 18.2 Å². The van der Waals surface area contributed by atoms with E-state index in [0.717, 1.165) is 6.42 Å². The summed E-state index contributed by atoms with van der Waals surface area (Å²) in [6.45, 7) is 5.67. The van der Waals surface area contributed by atoms with Crippen LogP contribution in [0.4, 0.5) is 4.79 Å². The number of carbonyl (C=O) groups excluding carboxylic acids is 1. The molecule has 0 radical (unpaired) electrons. The first-order chi connectivity index (χ1) is 8.80. The van der Waals surface area contributed by atoms with Crippen LogP contribution in [0.5, 0.6) is 5.75 Å². The van der Waals surface area contributed by atoms with Gasteiger partial charge in [-0.25, -0.2) is 4.79 Å². The Morgan fingerprint density at radius 2 is 1.95 bits per heavy atom. The predicted octanol–water partition coefficient (Wildman–Crippen LogP) is 2.95. The summed E-state index contributed by atoms with van der Waals surface area (Å²) in [4.78, 5) is 11.8. The first kappa shape index (κ1) is 13.9. The highest BCUT2D eigenvalue weighted by Crippen LogP contribution is 2.44.